The van der Waals surface area contributed by atoms with E-state index in [-0.39, 0.29) is 12.2 Å². The largest absolute Gasteiger partial charge is 0.370 e. The van der Waals surface area contributed by atoms with E-state index in [2.05, 4.69) is 11.3 Å². The van der Waals surface area contributed by atoms with Crippen LogP contribution in [-0.2, 0) is 4.74 Å². The second-order valence-electron chi connectivity index (χ2n) is 3.39. The summed E-state index contributed by atoms with van der Waals surface area (Å²) in [7, 11) is 0. The average Bonchev–Trinajstić information content (AvgIpc) is 2.03. The van der Waals surface area contributed by atoms with E-state index in [9.17, 15) is 0 Å². The van der Waals surface area contributed by atoms with E-state index in [0.29, 0.717) is 0 Å². The number of hydrogen-bond acceptors (Lipinski definition) is 3. The molecule has 0 aromatic rings. The van der Waals surface area contributed by atoms with Gasteiger partial charge in [0.05, 0.1) is 17.9 Å². The Morgan fingerprint density at radius 1 is 1.38 bits per heavy atom. The van der Waals surface area contributed by atoms with Gasteiger partial charge in [0.15, 0.2) is 0 Å². The number of nitrogens with zero attached hydrogens (tertiary/aromatic N) is 1. The van der Waals surface area contributed by atoms with Gasteiger partial charge >= 0.3 is 0 Å². The molecule has 0 spiro atoms. The van der Waals surface area contributed by atoms with Crippen molar-refractivity contribution in [3.8, 4) is 0 Å². The molecule has 1 atom stereocenters. The third kappa shape index (κ3) is 7.08. The van der Waals surface area contributed by atoms with Crippen LogP contribution < -0.4 is 0 Å². The highest BCUT2D eigenvalue weighted by molar-refractivity contribution is 7.98. The molecule has 0 saturated heterocycles. The molecule has 0 rings (SSSR count). The van der Waals surface area contributed by atoms with Gasteiger partial charge in [0, 0.05) is 5.75 Å². The zero-order valence-electron chi connectivity index (χ0n) is 9.33. The van der Waals surface area contributed by atoms with Crippen LogP contribution in [0.1, 0.15) is 41.0 Å². The first-order valence-corrected chi connectivity index (χ1v) is 5.84. The molecule has 0 aromatic heterocycles. The lowest BCUT2D eigenvalue weighted by atomic mass is 10.3. The summed E-state index contributed by atoms with van der Waals surface area (Å²) < 4.78 is 9.97. The lowest BCUT2D eigenvalue weighted by Gasteiger charge is -2.15. The summed E-state index contributed by atoms with van der Waals surface area (Å²) >= 11 is 1.62. The minimum absolute atomic E-state index is 0.143. The Balaban J connectivity index is 3.79. The van der Waals surface area contributed by atoms with Crippen LogP contribution in [0.3, 0.4) is 0 Å². The number of ether oxygens (including phenoxy) is 1. The molecule has 0 aliphatic heterocycles. The van der Waals surface area contributed by atoms with Crippen LogP contribution in [0.5, 0.6) is 0 Å². The van der Waals surface area contributed by atoms with Crippen molar-refractivity contribution in [2.45, 2.75) is 53.2 Å². The third-order valence-corrected chi connectivity index (χ3v) is 2.58. The highest BCUT2D eigenvalue weighted by atomic mass is 32.2. The van der Waals surface area contributed by atoms with Crippen LogP contribution in [0.15, 0.2) is 4.40 Å². The first-order valence-electron chi connectivity index (χ1n) is 4.89. The molecule has 0 N–H and O–H groups in total. The van der Waals surface area contributed by atoms with Crippen LogP contribution in [0.2, 0.25) is 0 Å². The van der Waals surface area contributed by atoms with E-state index in [1.165, 1.54) is 6.42 Å². The van der Waals surface area contributed by atoms with E-state index < -0.39 is 0 Å². The van der Waals surface area contributed by atoms with Crippen molar-refractivity contribution in [1.82, 2.24) is 0 Å². The van der Waals surface area contributed by atoms with E-state index in [0.717, 1.165) is 11.5 Å². The standard InChI is InChI=1S/C10H21NOS/c1-6-7-13-11-9(4)10(5)12-8(2)3/h8,10H,6-7H2,1-5H3/b11-9-. The van der Waals surface area contributed by atoms with Crippen molar-refractivity contribution in [1.29, 1.82) is 0 Å². The summed E-state index contributed by atoms with van der Waals surface area (Å²) in [5.74, 6) is 1.09. The third-order valence-electron chi connectivity index (χ3n) is 1.57. The highest BCUT2D eigenvalue weighted by Gasteiger charge is 2.07. The Morgan fingerprint density at radius 3 is 2.46 bits per heavy atom. The van der Waals surface area contributed by atoms with Crippen LogP contribution >= 0.6 is 11.9 Å². The Kier molecular flexibility index (Phi) is 7.38. The smallest absolute Gasteiger partial charge is 0.0935 e. The van der Waals surface area contributed by atoms with Gasteiger partial charge in [-0.25, -0.2) is 4.40 Å². The lowest BCUT2D eigenvalue weighted by Crippen LogP contribution is -2.21. The van der Waals surface area contributed by atoms with Gasteiger partial charge in [0.25, 0.3) is 0 Å². The van der Waals surface area contributed by atoms with Gasteiger partial charge in [-0.05, 0) is 46.1 Å². The molecule has 0 aliphatic rings. The summed E-state index contributed by atoms with van der Waals surface area (Å²) in [6.07, 6.45) is 1.58. The summed E-state index contributed by atoms with van der Waals surface area (Å²) in [6.45, 7) is 10.3. The minimum atomic E-state index is 0.143. The summed E-state index contributed by atoms with van der Waals surface area (Å²) in [4.78, 5) is 0. The van der Waals surface area contributed by atoms with Crippen LogP contribution in [0.4, 0.5) is 0 Å². The van der Waals surface area contributed by atoms with Gasteiger partial charge in [-0.1, -0.05) is 6.92 Å². The molecule has 78 valence electrons. The molecule has 0 aromatic carbocycles. The predicted octanol–water partition coefficient (Wildman–Crippen LogP) is 3.32. The second-order valence-corrected chi connectivity index (χ2v) is 4.24. The van der Waals surface area contributed by atoms with Crippen LogP contribution in [0.25, 0.3) is 0 Å². The molecule has 2 nitrogen and oxygen atoms in total. The zero-order chi connectivity index (χ0) is 10.3. The van der Waals surface area contributed by atoms with Crippen molar-refractivity contribution < 1.29 is 4.74 Å². The van der Waals surface area contributed by atoms with E-state index in [1.54, 1.807) is 11.9 Å². The number of hydrogen-bond donors (Lipinski definition) is 0. The lowest BCUT2D eigenvalue weighted by molar-refractivity contribution is 0.0565. The Morgan fingerprint density at radius 2 is 2.00 bits per heavy atom. The normalized spacial score (nSPS) is 15.1. The quantitative estimate of drug-likeness (QED) is 0.375. The molecule has 0 aliphatic carbocycles. The molecule has 0 saturated carbocycles. The van der Waals surface area contributed by atoms with Gasteiger partial charge in [0.2, 0.25) is 0 Å². The molecule has 0 radical (unpaired) electrons. The molecular formula is C10H21NOS. The molecule has 0 heterocycles. The minimum Gasteiger partial charge on any atom is -0.370 e. The van der Waals surface area contributed by atoms with Gasteiger partial charge < -0.3 is 4.74 Å². The molecular weight excluding hydrogens is 182 g/mol. The fourth-order valence-corrected chi connectivity index (χ4v) is 1.45. The zero-order valence-corrected chi connectivity index (χ0v) is 10.1. The van der Waals surface area contributed by atoms with E-state index >= 15 is 0 Å². The average molecular weight is 203 g/mol. The highest BCUT2D eigenvalue weighted by Crippen LogP contribution is 2.08. The summed E-state index contributed by atoms with van der Waals surface area (Å²) in [5.41, 5.74) is 1.08. The maximum Gasteiger partial charge on any atom is 0.0935 e. The van der Waals surface area contributed by atoms with Gasteiger partial charge in [0.1, 0.15) is 0 Å². The summed E-state index contributed by atoms with van der Waals surface area (Å²) in [6, 6.07) is 0. The van der Waals surface area contributed by atoms with Crippen molar-refractivity contribution in [3.05, 3.63) is 0 Å². The van der Waals surface area contributed by atoms with E-state index in [4.69, 9.17) is 4.74 Å². The van der Waals surface area contributed by atoms with Crippen molar-refractivity contribution in [2.75, 3.05) is 5.75 Å². The first kappa shape index (κ1) is 13.0. The van der Waals surface area contributed by atoms with Crippen molar-refractivity contribution >= 4 is 17.7 Å². The molecule has 0 fully saturated rings. The monoisotopic (exact) mass is 203 g/mol. The Labute approximate surface area is 86.3 Å². The number of rotatable bonds is 6. The topological polar surface area (TPSA) is 21.6 Å². The SMILES string of the molecule is CCCS/N=C(/C)C(C)OC(C)C. The van der Waals surface area contributed by atoms with Crippen molar-refractivity contribution in [2.24, 2.45) is 4.40 Å². The molecule has 13 heavy (non-hydrogen) atoms. The van der Waals surface area contributed by atoms with Gasteiger partial charge in [-0.2, -0.15) is 0 Å². The van der Waals surface area contributed by atoms with Crippen LogP contribution in [0, 0.1) is 0 Å². The predicted molar refractivity (Wildman–Crippen MR) is 61.5 cm³/mol. The van der Waals surface area contributed by atoms with Gasteiger partial charge in [-0.3, -0.25) is 0 Å². The fraction of sp³-hybridized carbons (Fsp3) is 0.900. The van der Waals surface area contributed by atoms with E-state index in [1.807, 2.05) is 27.7 Å². The summed E-state index contributed by atoms with van der Waals surface area (Å²) in [5, 5.41) is 0. The maximum atomic E-state index is 5.60. The Hall–Kier alpha value is -0.0200. The first-order chi connectivity index (χ1) is 6.07. The molecule has 1 unspecified atom stereocenters. The molecule has 0 bridgehead atoms. The molecule has 0 amide bonds. The molecule has 3 heteroatoms. The Bertz CT molecular complexity index is 157. The second kappa shape index (κ2) is 7.39. The maximum absolute atomic E-state index is 5.60. The van der Waals surface area contributed by atoms with Gasteiger partial charge in [-0.15, -0.1) is 0 Å². The van der Waals surface area contributed by atoms with Crippen LogP contribution in [-0.4, -0.2) is 23.7 Å². The fourth-order valence-electron chi connectivity index (χ4n) is 0.820. The van der Waals surface area contributed by atoms with Crippen molar-refractivity contribution in [3.63, 3.8) is 0 Å².